The van der Waals surface area contributed by atoms with Crippen LogP contribution in [0.3, 0.4) is 0 Å². The fourth-order valence-corrected chi connectivity index (χ4v) is 2.06. The summed E-state index contributed by atoms with van der Waals surface area (Å²) in [6.45, 7) is 4.38. The van der Waals surface area contributed by atoms with E-state index in [0.717, 1.165) is 18.5 Å². The lowest BCUT2D eigenvalue weighted by atomic mass is 10.0. The highest BCUT2D eigenvalue weighted by Crippen LogP contribution is 2.22. The maximum absolute atomic E-state index is 4.13. The lowest BCUT2D eigenvalue weighted by Gasteiger charge is -2.18. The maximum atomic E-state index is 4.13. The molecule has 1 atom stereocenters. The van der Waals surface area contributed by atoms with Crippen molar-refractivity contribution in [3.8, 4) is 0 Å². The van der Waals surface area contributed by atoms with Gasteiger partial charge in [-0.05, 0) is 36.1 Å². The number of nitrogens with one attached hydrogen (secondary N) is 1. The molecule has 1 N–H and O–H groups in total. The van der Waals surface area contributed by atoms with E-state index in [0.29, 0.717) is 6.04 Å². The quantitative estimate of drug-likeness (QED) is 0.847. The van der Waals surface area contributed by atoms with Gasteiger partial charge in [0.2, 0.25) is 0 Å². The average Bonchev–Trinajstić information content (AvgIpc) is 2.46. The van der Waals surface area contributed by atoms with Crippen LogP contribution in [0, 0.1) is 0 Å². The first-order valence-electron chi connectivity index (χ1n) is 6.59. The van der Waals surface area contributed by atoms with E-state index in [1.807, 2.05) is 12.3 Å². The van der Waals surface area contributed by atoms with Crippen molar-refractivity contribution in [1.82, 2.24) is 4.98 Å². The minimum atomic E-state index is 0.347. The topological polar surface area (TPSA) is 24.9 Å². The molecule has 0 radical (unpaired) electrons. The molecular formula is C16H20N2. The fraction of sp³-hybridized carbons (Fsp3) is 0.312. The van der Waals surface area contributed by atoms with Crippen LogP contribution in [0.1, 0.15) is 37.4 Å². The summed E-state index contributed by atoms with van der Waals surface area (Å²) < 4.78 is 0. The number of nitrogens with zero attached hydrogens (tertiary/aromatic N) is 1. The number of hydrogen-bond acceptors (Lipinski definition) is 2. The number of benzene rings is 1. The molecule has 94 valence electrons. The molecule has 0 fully saturated rings. The van der Waals surface area contributed by atoms with Crippen LogP contribution in [0.15, 0.2) is 48.8 Å². The Labute approximate surface area is 109 Å². The van der Waals surface area contributed by atoms with Gasteiger partial charge in [0.1, 0.15) is 0 Å². The van der Waals surface area contributed by atoms with E-state index in [1.165, 1.54) is 11.1 Å². The molecule has 1 aromatic carbocycles. The summed E-state index contributed by atoms with van der Waals surface area (Å²) in [6, 6.07) is 13.2. The lowest BCUT2D eigenvalue weighted by Crippen LogP contribution is -2.09. The molecule has 0 bridgehead atoms. The Bertz CT molecular complexity index is 462. The third-order valence-corrected chi connectivity index (χ3v) is 3.20. The van der Waals surface area contributed by atoms with Crippen molar-refractivity contribution in [2.75, 3.05) is 5.32 Å². The van der Waals surface area contributed by atoms with Gasteiger partial charge in [-0.15, -0.1) is 0 Å². The normalized spacial score (nSPS) is 12.1. The molecule has 2 rings (SSSR count). The van der Waals surface area contributed by atoms with Crippen LogP contribution in [0.5, 0.6) is 0 Å². The van der Waals surface area contributed by atoms with Gasteiger partial charge in [0, 0.05) is 12.4 Å². The molecule has 0 amide bonds. The van der Waals surface area contributed by atoms with E-state index in [-0.39, 0.29) is 0 Å². The second kappa shape index (κ2) is 6.20. The van der Waals surface area contributed by atoms with Crippen molar-refractivity contribution in [2.45, 2.75) is 32.7 Å². The number of anilines is 1. The van der Waals surface area contributed by atoms with Crippen LogP contribution >= 0.6 is 0 Å². The molecule has 2 heteroatoms. The summed E-state index contributed by atoms with van der Waals surface area (Å²) in [5.41, 5.74) is 3.79. The monoisotopic (exact) mass is 240 g/mol. The van der Waals surface area contributed by atoms with Gasteiger partial charge in [-0.1, -0.05) is 38.1 Å². The predicted molar refractivity (Wildman–Crippen MR) is 76.7 cm³/mol. The Hall–Kier alpha value is -1.83. The van der Waals surface area contributed by atoms with Crippen LogP contribution in [0.4, 0.5) is 5.69 Å². The van der Waals surface area contributed by atoms with Crippen LogP contribution in [0.2, 0.25) is 0 Å². The van der Waals surface area contributed by atoms with Gasteiger partial charge in [0.25, 0.3) is 0 Å². The summed E-state index contributed by atoms with van der Waals surface area (Å²) in [6.07, 6.45) is 5.80. The van der Waals surface area contributed by atoms with E-state index in [2.05, 4.69) is 54.5 Å². The summed E-state index contributed by atoms with van der Waals surface area (Å²) in [7, 11) is 0. The van der Waals surface area contributed by atoms with Crippen molar-refractivity contribution in [1.29, 1.82) is 0 Å². The minimum absolute atomic E-state index is 0.347. The Balaban J connectivity index is 2.12. The summed E-state index contributed by atoms with van der Waals surface area (Å²) in [4.78, 5) is 4.13. The SMILES string of the molecule is CCc1ccc(C(CC)Nc2cccnc2)cc1. The van der Waals surface area contributed by atoms with Gasteiger partial charge in [-0.3, -0.25) is 4.98 Å². The Morgan fingerprint density at radius 3 is 2.44 bits per heavy atom. The first kappa shape index (κ1) is 12.6. The van der Waals surface area contributed by atoms with Crippen molar-refractivity contribution >= 4 is 5.69 Å². The van der Waals surface area contributed by atoms with E-state index < -0.39 is 0 Å². The number of hydrogen-bond donors (Lipinski definition) is 1. The van der Waals surface area contributed by atoms with Crippen molar-refractivity contribution < 1.29 is 0 Å². The summed E-state index contributed by atoms with van der Waals surface area (Å²) in [5, 5.41) is 3.52. The first-order valence-corrected chi connectivity index (χ1v) is 6.59. The zero-order valence-electron chi connectivity index (χ0n) is 11.1. The molecule has 0 aliphatic carbocycles. The molecule has 0 saturated carbocycles. The van der Waals surface area contributed by atoms with E-state index in [9.17, 15) is 0 Å². The maximum Gasteiger partial charge on any atom is 0.0531 e. The van der Waals surface area contributed by atoms with Crippen molar-refractivity contribution in [3.05, 3.63) is 59.9 Å². The molecule has 1 unspecified atom stereocenters. The highest BCUT2D eigenvalue weighted by Gasteiger charge is 2.08. The van der Waals surface area contributed by atoms with Gasteiger partial charge in [-0.25, -0.2) is 0 Å². The smallest absolute Gasteiger partial charge is 0.0531 e. The molecule has 1 heterocycles. The third-order valence-electron chi connectivity index (χ3n) is 3.20. The zero-order chi connectivity index (χ0) is 12.8. The zero-order valence-corrected chi connectivity index (χ0v) is 11.1. The average molecular weight is 240 g/mol. The Kier molecular flexibility index (Phi) is 4.35. The molecule has 0 spiro atoms. The lowest BCUT2D eigenvalue weighted by molar-refractivity contribution is 0.748. The first-order chi connectivity index (χ1) is 8.83. The van der Waals surface area contributed by atoms with E-state index >= 15 is 0 Å². The van der Waals surface area contributed by atoms with E-state index in [4.69, 9.17) is 0 Å². The predicted octanol–water partition coefficient (Wildman–Crippen LogP) is 4.21. The molecule has 0 aliphatic heterocycles. The van der Waals surface area contributed by atoms with Crippen LogP contribution < -0.4 is 5.32 Å². The molecule has 0 saturated heterocycles. The second-order valence-electron chi connectivity index (χ2n) is 4.44. The van der Waals surface area contributed by atoms with E-state index in [1.54, 1.807) is 6.20 Å². The van der Waals surface area contributed by atoms with Crippen LogP contribution in [0.25, 0.3) is 0 Å². The van der Waals surface area contributed by atoms with Gasteiger partial charge in [-0.2, -0.15) is 0 Å². The van der Waals surface area contributed by atoms with Crippen molar-refractivity contribution in [2.24, 2.45) is 0 Å². The van der Waals surface area contributed by atoms with Gasteiger partial charge in [0.05, 0.1) is 11.7 Å². The van der Waals surface area contributed by atoms with Crippen LogP contribution in [-0.2, 0) is 6.42 Å². The fourth-order valence-electron chi connectivity index (χ4n) is 2.06. The van der Waals surface area contributed by atoms with Gasteiger partial charge in [0.15, 0.2) is 0 Å². The largest absolute Gasteiger partial charge is 0.377 e. The van der Waals surface area contributed by atoms with Crippen molar-refractivity contribution in [3.63, 3.8) is 0 Å². The highest BCUT2D eigenvalue weighted by atomic mass is 14.9. The standard InChI is InChI=1S/C16H20N2/c1-3-13-7-9-14(10-8-13)16(4-2)18-15-6-5-11-17-12-15/h5-12,16,18H,3-4H2,1-2H3. The van der Waals surface area contributed by atoms with Gasteiger partial charge >= 0.3 is 0 Å². The second-order valence-corrected chi connectivity index (χ2v) is 4.44. The molecular weight excluding hydrogens is 220 g/mol. The molecule has 18 heavy (non-hydrogen) atoms. The molecule has 2 aromatic rings. The number of aryl methyl sites for hydroxylation is 1. The number of aromatic nitrogens is 1. The third kappa shape index (κ3) is 3.10. The van der Waals surface area contributed by atoms with Gasteiger partial charge < -0.3 is 5.32 Å². The number of rotatable bonds is 5. The molecule has 1 aromatic heterocycles. The van der Waals surface area contributed by atoms with Crippen LogP contribution in [-0.4, -0.2) is 4.98 Å². The Morgan fingerprint density at radius 1 is 1.11 bits per heavy atom. The Morgan fingerprint density at radius 2 is 1.89 bits per heavy atom. The number of pyridine rings is 1. The summed E-state index contributed by atoms with van der Waals surface area (Å²) >= 11 is 0. The molecule has 2 nitrogen and oxygen atoms in total. The molecule has 0 aliphatic rings. The minimum Gasteiger partial charge on any atom is -0.377 e. The summed E-state index contributed by atoms with van der Waals surface area (Å²) in [5.74, 6) is 0. The highest BCUT2D eigenvalue weighted by molar-refractivity contribution is 5.43.